The summed E-state index contributed by atoms with van der Waals surface area (Å²) in [5.41, 5.74) is 0.910. The molecule has 2 atom stereocenters. The molecule has 7 heteroatoms. The maximum atomic E-state index is 14.8. The molecule has 1 amide bonds. The van der Waals surface area contributed by atoms with Crippen LogP contribution in [-0.2, 0) is 4.79 Å². The third-order valence-electron chi connectivity index (χ3n) is 4.92. The Morgan fingerprint density at radius 1 is 1.29 bits per heavy atom. The second-order valence-corrected chi connectivity index (χ2v) is 7.36. The van der Waals surface area contributed by atoms with E-state index >= 15 is 0 Å². The van der Waals surface area contributed by atoms with Gasteiger partial charge < -0.3 is 14.7 Å². The Bertz CT molecular complexity index is 917. The molecule has 3 rings (SSSR count). The monoisotopic (exact) mass is 405 g/mol. The van der Waals surface area contributed by atoms with Gasteiger partial charge in [0.2, 0.25) is 0 Å². The van der Waals surface area contributed by atoms with Gasteiger partial charge in [0.1, 0.15) is 11.6 Å². The Labute approximate surface area is 167 Å². The Kier molecular flexibility index (Phi) is 5.89. The zero-order valence-electron chi connectivity index (χ0n) is 15.6. The van der Waals surface area contributed by atoms with E-state index in [2.05, 4.69) is 0 Å². The van der Waals surface area contributed by atoms with Gasteiger partial charge >= 0.3 is 5.97 Å². The van der Waals surface area contributed by atoms with Gasteiger partial charge in [0, 0.05) is 23.2 Å². The van der Waals surface area contributed by atoms with Gasteiger partial charge in [0.25, 0.3) is 5.91 Å². The fraction of sp³-hybridized carbons (Fsp3) is 0.333. The minimum Gasteiger partial charge on any atom is -0.479 e. The first kappa shape index (κ1) is 20.1. The van der Waals surface area contributed by atoms with E-state index in [1.54, 1.807) is 29.2 Å². The van der Waals surface area contributed by atoms with E-state index in [0.29, 0.717) is 22.7 Å². The average Bonchev–Trinajstić information content (AvgIpc) is 3.08. The number of hydrogen-bond acceptors (Lipinski definition) is 3. The standard InChI is InChI=1S/C21H21ClFNO4/c1-12-4-3-9-24(12)20(25)16-7-5-14(10-18(16)23)17-11-15(22)6-8-19(17)28-13(2)21(26)27/h5-8,10-13H,3-4,9H2,1-2H3,(H,26,27)/t12-,13+/m1/s1. The van der Waals surface area contributed by atoms with Crippen LogP contribution in [0.1, 0.15) is 37.0 Å². The molecule has 0 radical (unpaired) electrons. The molecule has 5 nitrogen and oxygen atoms in total. The summed E-state index contributed by atoms with van der Waals surface area (Å²) in [6, 6.07) is 9.09. The third-order valence-corrected chi connectivity index (χ3v) is 5.15. The first-order valence-electron chi connectivity index (χ1n) is 9.08. The smallest absolute Gasteiger partial charge is 0.344 e. The minimum atomic E-state index is -1.12. The minimum absolute atomic E-state index is 0.0147. The summed E-state index contributed by atoms with van der Waals surface area (Å²) in [6.45, 7) is 3.98. The van der Waals surface area contributed by atoms with E-state index < -0.39 is 17.9 Å². The highest BCUT2D eigenvalue weighted by atomic mass is 35.5. The van der Waals surface area contributed by atoms with Crippen molar-refractivity contribution in [1.82, 2.24) is 4.90 Å². The number of aliphatic carboxylic acids is 1. The van der Waals surface area contributed by atoms with Crippen LogP contribution in [-0.4, -0.2) is 40.6 Å². The second kappa shape index (κ2) is 8.19. The van der Waals surface area contributed by atoms with Crippen LogP contribution in [0.5, 0.6) is 5.75 Å². The Hall–Kier alpha value is -2.60. The van der Waals surface area contributed by atoms with Gasteiger partial charge in [0.05, 0.1) is 5.56 Å². The number of carboxylic acid groups (broad SMARTS) is 1. The number of hydrogen-bond donors (Lipinski definition) is 1. The number of rotatable bonds is 5. The normalized spacial score (nSPS) is 17.4. The predicted molar refractivity (Wildman–Crippen MR) is 104 cm³/mol. The van der Waals surface area contributed by atoms with Gasteiger partial charge in [-0.3, -0.25) is 4.79 Å². The van der Waals surface area contributed by atoms with Crippen molar-refractivity contribution in [2.24, 2.45) is 0 Å². The molecule has 0 aliphatic carbocycles. The lowest BCUT2D eigenvalue weighted by molar-refractivity contribution is -0.144. The molecule has 1 fully saturated rings. The first-order chi connectivity index (χ1) is 13.3. The number of carboxylic acids is 1. The lowest BCUT2D eigenvalue weighted by atomic mass is 10.0. The quantitative estimate of drug-likeness (QED) is 0.788. The van der Waals surface area contributed by atoms with E-state index in [9.17, 15) is 14.0 Å². The van der Waals surface area contributed by atoms with E-state index in [-0.39, 0.29) is 23.3 Å². The molecular formula is C21H21ClFNO4. The van der Waals surface area contributed by atoms with Gasteiger partial charge in [-0.25, -0.2) is 9.18 Å². The molecule has 0 aromatic heterocycles. The van der Waals surface area contributed by atoms with Crippen LogP contribution in [0, 0.1) is 5.82 Å². The second-order valence-electron chi connectivity index (χ2n) is 6.92. The number of likely N-dealkylation sites (tertiary alicyclic amines) is 1. The number of carbonyl (C=O) groups is 2. The SMILES string of the molecule is C[C@H](Oc1ccc(Cl)cc1-c1ccc(C(=O)N2CCC[C@H]2C)c(F)c1)C(=O)O. The summed E-state index contributed by atoms with van der Waals surface area (Å²) >= 11 is 6.06. The van der Waals surface area contributed by atoms with Crippen LogP contribution in [0.25, 0.3) is 11.1 Å². The predicted octanol–water partition coefficient (Wildman–Crippen LogP) is 4.62. The number of carbonyl (C=O) groups excluding carboxylic acids is 1. The molecule has 148 valence electrons. The molecule has 0 saturated carbocycles. The van der Waals surface area contributed by atoms with E-state index in [4.69, 9.17) is 21.4 Å². The molecule has 1 aliphatic heterocycles. The van der Waals surface area contributed by atoms with Gasteiger partial charge in [-0.15, -0.1) is 0 Å². The average molecular weight is 406 g/mol. The molecule has 0 bridgehead atoms. The molecule has 1 saturated heterocycles. The molecule has 1 aliphatic rings. The molecule has 28 heavy (non-hydrogen) atoms. The van der Waals surface area contributed by atoms with Crippen molar-refractivity contribution < 1.29 is 23.8 Å². The van der Waals surface area contributed by atoms with Crippen molar-refractivity contribution in [3.8, 4) is 16.9 Å². The highest BCUT2D eigenvalue weighted by molar-refractivity contribution is 6.31. The van der Waals surface area contributed by atoms with Crippen molar-refractivity contribution >= 4 is 23.5 Å². The van der Waals surface area contributed by atoms with Crippen LogP contribution >= 0.6 is 11.6 Å². The zero-order chi connectivity index (χ0) is 20.4. The maximum Gasteiger partial charge on any atom is 0.344 e. The Morgan fingerprint density at radius 3 is 2.64 bits per heavy atom. The first-order valence-corrected chi connectivity index (χ1v) is 9.45. The van der Waals surface area contributed by atoms with E-state index in [1.165, 1.54) is 19.1 Å². The van der Waals surface area contributed by atoms with E-state index in [1.807, 2.05) is 6.92 Å². The van der Waals surface area contributed by atoms with Crippen molar-refractivity contribution in [2.45, 2.75) is 38.8 Å². The van der Waals surface area contributed by atoms with Crippen molar-refractivity contribution in [1.29, 1.82) is 0 Å². The summed E-state index contributed by atoms with van der Waals surface area (Å²) in [7, 11) is 0. The fourth-order valence-electron chi connectivity index (χ4n) is 3.32. The lowest BCUT2D eigenvalue weighted by Crippen LogP contribution is -2.34. The summed E-state index contributed by atoms with van der Waals surface area (Å²) < 4.78 is 20.2. The van der Waals surface area contributed by atoms with Crippen LogP contribution < -0.4 is 4.74 Å². The number of halogens is 2. The zero-order valence-corrected chi connectivity index (χ0v) is 16.4. The summed E-state index contributed by atoms with van der Waals surface area (Å²) in [5, 5.41) is 9.47. The number of benzene rings is 2. The summed E-state index contributed by atoms with van der Waals surface area (Å²) in [4.78, 5) is 25.4. The van der Waals surface area contributed by atoms with Gasteiger partial charge in [0.15, 0.2) is 6.10 Å². The largest absolute Gasteiger partial charge is 0.479 e. The van der Waals surface area contributed by atoms with Gasteiger partial charge in [-0.1, -0.05) is 17.7 Å². The maximum absolute atomic E-state index is 14.8. The van der Waals surface area contributed by atoms with Crippen LogP contribution in [0.15, 0.2) is 36.4 Å². The topological polar surface area (TPSA) is 66.8 Å². The highest BCUT2D eigenvalue weighted by Crippen LogP contribution is 2.34. The number of nitrogens with zero attached hydrogens (tertiary/aromatic N) is 1. The molecule has 1 N–H and O–H groups in total. The molecule has 0 unspecified atom stereocenters. The highest BCUT2D eigenvalue weighted by Gasteiger charge is 2.28. The Balaban J connectivity index is 1.94. The Morgan fingerprint density at radius 2 is 2.04 bits per heavy atom. The molecule has 1 heterocycles. The lowest BCUT2D eigenvalue weighted by Gasteiger charge is -2.22. The summed E-state index contributed by atoms with van der Waals surface area (Å²) in [6.07, 6.45) is 0.746. The molecule has 2 aromatic carbocycles. The van der Waals surface area contributed by atoms with Crippen molar-refractivity contribution in [3.05, 3.63) is 52.8 Å². The fourth-order valence-corrected chi connectivity index (χ4v) is 3.49. The third kappa shape index (κ3) is 4.12. The van der Waals surface area contributed by atoms with Gasteiger partial charge in [-0.05, 0) is 62.6 Å². The molecule has 2 aromatic rings. The number of amides is 1. The van der Waals surface area contributed by atoms with Crippen LogP contribution in [0.2, 0.25) is 5.02 Å². The molecular weight excluding hydrogens is 385 g/mol. The van der Waals surface area contributed by atoms with Crippen molar-refractivity contribution in [2.75, 3.05) is 6.54 Å². The van der Waals surface area contributed by atoms with Crippen molar-refractivity contribution in [3.63, 3.8) is 0 Å². The van der Waals surface area contributed by atoms with Gasteiger partial charge in [-0.2, -0.15) is 0 Å². The number of ether oxygens (including phenoxy) is 1. The van der Waals surface area contributed by atoms with Crippen LogP contribution in [0.4, 0.5) is 4.39 Å². The molecule has 0 spiro atoms. The van der Waals surface area contributed by atoms with Crippen LogP contribution in [0.3, 0.4) is 0 Å². The van der Waals surface area contributed by atoms with E-state index in [0.717, 1.165) is 12.8 Å². The summed E-state index contributed by atoms with van der Waals surface area (Å²) in [5.74, 6) is -1.81.